The fourth-order valence-electron chi connectivity index (χ4n) is 2.78. The maximum absolute atomic E-state index is 12.6. The average Bonchev–Trinajstić information content (AvgIpc) is 2.99. The van der Waals surface area contributed by atoms with E-state index in [4.69, 9.17) is 18.9 Å². The number of nitrogens with zero attached hydrogens (tertiary/aromatic N) is 1. The number of hydrogen-bond acceptors (Lipinski definition) is 7. The second kappa shape index (κ2) is 10.2. The van der Waals surface area contributed by atoms with Crippen molar-refractivity contribution in [3.05, 3.63) is 23.8 Å². The number of phenolic OH excluding ortho intramolecular Hbond substituents is 1. The topological polar surface area (TPSA) is 107 Å². The van der Waals surface area contributed by atoms with Gasteiger partial charge in [0.25, 0.3) is 0 Å². The molecule has 1 aliphatic heterocycles. The zero-order valence-corrected chi connectivity index (χ0v) is 19.3. The Morgan fingerprint density at radius 2 is 2.10 bits per heavy atom. The van der Waals surface area contributed by atoms with E-state index in [0.717, 1.165) is 0 Å². The number of aliphatic hydroxyl groups excluding tert-OH is 1. The van der Waals surface area contributed by atoms with Gasteiger partial charge in [0.1, 0.15) is 28.6 Å². The van der Waals surface area contributed by atoms with E-state index < -0.39 is 27.6 Å². The molecule has 0 saturated carbocycles. The quantitative estimate of drug-likeness (QED) is 0.565. The Labute approximate surface area is 180 Å². The highest BCUT2D eigenvalue weighted by Gasteiger charge is 2.32. The minimum absolute atomic E-state index is 0.0401. The standard InChI is InChI=1S/C21H33NO7S/c1-20(2,3)30(25)22-18(17-8-7-15(26-6)10-19(17)24)9-14(23)11-27-12-16-13-28-21(4,5)29-16/h7-8,10,14,16,23-24H,9,11-13H2,1-6H3/b22-18+/t14-,16+,30?/m1/s1. The summed E-state index contributed by atoms with van der Waals surface area (Å²) in [5, 5.41) is 20.9. The molecule has 1 aliphatic rings. The second-order valence-electron chi connectivity index (χ2n) is 8.63. The number of aromatic hydroxyl groups is 1. The van der Waals surface area contributed by atoms with E-state index in [1.54, 1.807) is 12.1 Å². The molecule has 30 heavy (non-hydrogen) atoms. The van der Waals surface area contributed by atoms with Crippen molar-refractivity contribution < 1.29 is 33.4 Å². The van der Waals surface area contributed by atoms with E-state index in [-0.39, 0.29) is 31.5 Å². The SMILES string of the molecule is COc1ccc(/C(C[C@@H](O)COC[C@H]2COC(C)(C)O2)=N/S(=O)C(C)(C)C)c(O)c1. The van der Waals surface area contributed by atoms with Crippen LogP contribution in [0, 0.1) is 0 Å². The molecule has 9 heteroatoms. The van der Waals surface area contributed by atoms with Crippen LogP contribution in [0.3, 0.4) is 0 Å². The van der Waals surface area contributed by atoms with E-state index >= 15 is 0 Å². The van der Waals surface area contributed by atoms with Crippen LogP contribution in [-0.4, -0.2) is 69.8 Å². The lowest BCUT2D eigenvalue weighted by Gasteiger charge is -2.19. The molecule has 1 aromatic rings. The summed E-state index contributed by atoms with van der Waals surface area (Å²) in [5.41, 5.74) is 0.725. The Kier molecular flexibility index (Phi) is 8.41. The molecule has 1 unspecified atom stereocenters. The predicted molar refractivity (Wildman–Crippen MR) is 115 cm³/mol. The lowest BCUT2D eigenvalue weighted by Crippen LogP contribution is -2.27. The van der Waals surface area contributed by atoms with Gasteiger partial charge < -0.3 is 29.2 Å². The lowest BCUT2D eigenvalue weighted by atomic mass is 10.0. The van der Waals surface area contributed by atoms with E-state index in [2.05, 4.69) is 4.40 Å². The fourth-order valence-corrected chi connectivity index (χ4v) is 3.43. The van der Waals surface area contributed by atoms with Crippen LogP contribution in [0.25, 0.3) is 0 Å². The molecule has 170 valence electrons. The first-order chi connectivity index (χ1) is 13.9. The third-order valence-electron chi connectivity index (χ3n) is 4.34. The van der Waals surface area contributed by atoms with Crippen LogP contribution in [0.4, 0.5) is 0 Å². The monoisotopic (exact) mass is 443 g/mol. The summed E-state index contributed by atoms with van der Waals surface area (Å²) in [6, 6.07) is 4.76. The lowest BCUT2D eigenvalue weighted by molar-refractivity contribution is -0.146. The number of phenols is 1. The first-order valence-electron chi connectivity index (χ1n) is 9.86. The summed E-state index contributed by atoms with van der Waals surface area (Å²) in [6.45, 7) is 9.85. The van der Waals surface area contributed by atoms with Gasteiger partial charge in [0.2, 0.25) is 0 Å². The molecule has 2 rings (SSSR count). The predicted octanol–water partition coefficient (Wildman–Crippen LogP) is 2.57. The van der Waals surface area contributed by atoms with Gasteiger partial charge in [-0.3, -0.25) is 0 Å². The number of benzene rings is 1. The van der Waals surface area contributed by atoms with E-state index in [9.17, 15) is 14.4 Å². The number of methoxy groups -OCH3 is 1. The van der Waals surface area contributed by atoms with Gasteiger partial charge in [0.05, 0.1) is 43.5 Å². The maximum Gasteiger partial charge on any atom is 0.163 e. The number of aliphatic hydroxyl groups is 1. The number of ether oxygens (including phenoxy) is 4. The number of rotatable bonds is 9. The highest BCUT2D eigenvalue weighted by Crippen LogP contribution is 2.27. The summed E-state index contributed by atoms with van der Waals surface area (Å²) in [6.07, 6.45) is -1.04. The third-order valence-corrected chi connectivity index (χ3v) is 5.78. The van der Waals surface area contributed by atoms with Gasteiger partial charge in [0.15, 0.2) is 5.79 Å². The van der Waals surface area contributed by atoms with Crippen LogP contribution in [0.2, 0.25) is 0 Å². The molecule has 0 spiro atoms. The fraction of sp³-hybridized carbons (Fsp3) is 0.667. The van der Waals surface area contributed by atoms with Gasteiger partial charge in [-0.2, -0.15) is 4.40 Å². The van der Waals surface area contributed by atoms with Crippen molar-refractivity contribution in [2.24, 2.45) is 4.40 Å². The van der Waals surface area contributed by atoms with Gasteiger partial charge in [-0.1, -0.05) is 0 Å². The molecule has 0 aliphatic carbocycles. The van der Waals surface area contributed by atoms with Crippen molar-refractivity contribution in [2.75, 3.05) is 26.9 Å². The van der Waals surface area contributed by atoms with Gasteiger partial charge >= 0.3 is 0 Å². The number of hydrogen-bond donors (Lipinski definition) is 2. The molecule has 1 aromatic carbocycles. The molecule has 1 heterocycles. The highest BCUT2D eigenvalue weighted by molar-refractivity contribution is 7.85. The summed E-state index contributed by atoms with van der Waals surface area (Å²) in [7, 11) is -0.0595. The highest BCUT2D eigenvalue weighted by atomic mass is 32.2. The normalized spacial score (nSPS) is 21.4. The van der Waals surface area contributed by atoms with Crippen molar-refractivity contribution in [1.82, 2.24) is 0 Å². The van der Waals surface area contributed by atoms with Crippen molar-refractivity contribution in [3.63, 3.8) is 0 Å². The largest absolute Gasteiger partial charge is 0.507 e. The first-order valence-corrected chi connectivity index (χ1v) is 11.0. The average molecular weight is 444 g/mol. The minimum atomic E-state index is -1.56. The van der Waals surface area contributed by atoms with Crippen LogP contribution in [0.1, 0.15) is 46.6 Å². The maximum atomic E-state index is 12.6. The Balaban J connectivity index is 2.07. The summed E-state index contributed by atoms with van der Waals surface area (Å²) < 4.78 is 38.2. The summed E-state index contributed by atoms with van der Waals surface area (Å²) in [5.74, 6) is -0.209. The smallest absolute Gasteiger partial charge is 0.163 e. The van der Waals surface area contributed by atoms with Crippen LogP contribution in [0.5, 0.6) is 11.5 Å². The molecule has 8 nitrogen and oxygen atoms in total. The molecule has 0 bridgehead atoms. The van der Waals surface area contributed by atoms with Gasteiger partial charge in [-0.15, -0.1) is 0 Å². The summed E-state index contributed by atoms with van der Waals surface area (Å²) in [4.78, 5) is 0. The molecule has 3 atom stereocenters. The van der Waals surface area contributed by atoms with E-state index in [1.807, 2.05) is 34.6 Å². The molecular formula is C21H33NO7S. The zero-order chi connectivity index (χ0) is 22.5. The van der Waals surface area contributed by atoms with E-state index in [1.165, 1.54) is 13.2 Å². The van der Waals surface area contributed by atoms with E-state index in [0.29, 0.717) is 23.6 Å². The molecule has 0 amide bonds. The van der Waals surface area contributed by atoms with Gasteiger partial charge in [-0.05, 0) is 46.8 Å². The summed E-state index contributed by atoms with van der Waals surface area (Å²) >= 11 is 0. The second-order valence-corrected chi connectivity index (χ2v) is 10.5. The molecule has 2 N–H and O–H groups in total. The van der Waals surface area contributed by atoms with Crippen LogP contribution in [-0.2, 0) is 25.2 Å². The van der Waals surface area contributed by atoms with Crippen LogP contribution >= 0.6 is 0 Å². The molecule has 0 aromatic heterocycles. The van der Waals surface area contributed by atoms with Crippen molar-refractivity contribution >= 4 is 16.7 Å². The van der Waals surface area contributed by atoms with Gasteiger partial charge in [-0.25, -0.2) is 4.21 Å². The molecule has 1 saturated heterocycles. The Hall–Kier alpha value is -1.52. The van der Waals surface area contributed by atoms with Crippen LogP contribution < -0.4 is 4.74 Å². The van der Waals surface area contributed by atoms with Gasteiger partial charge in [0, 0.05) is 18.1 Å². The molecule has 1 fully saturated rings. The minimum Gasteiger partial charge on any atom is -0.507 e. The Bertz CT molecular complexity index is 773. The van der Waals surface area contributed by atoms with Crippen molar-refractivity contribution in [1.29, 1.82) is 0 Å². The van der Waals surface area contributed by atoms with Crippen molar-refractivity contribution in [2.45, 2.75) is 63.8 Å². The molecular weight excluding hydrogens is 410 g/mol. The Morgan fingerprint density at radius 1 is 1.40 bits per heavy atom. The van der Waals surface area contributed by atoms with Crippen molar-refractivity contribution in [3.8, 4) is 11.5 Å². The van der Waals surface area contributed by atoms with Crippen LogP contribution in [0.15, 0.2) is 22.6 Å². The third kappa shape index (κ3) is 7.31. The molecule has 0 radical (unpaired) electrons. The Morgan fingerprint density at radius 3 is 2.63 bits per heavy atom. The first kappa shape index (κ1) is 24.7. The zero-order valence-electron chi connectivity index (χ0n) is 18.5.